The lowest BCUT2D eigenvalue weighted by atomic mass is 10.0. The Balaban J connectivity index is 0.000000257. The molecule has 0 aliphatic rings. The maximum Gasteiger partial charge on any atom is 0.416 e. The van der Waals surface area contributed by atoms with Crippen LogP contribution in [0.3, 0.4) is 0 Å². The highest BCUT2D eigenvalue weighted by Gasteiger charge is 2.30. The number of halogens is 3. The Bertz CT molecular complexity index is 707. The molecule has 0 saturated heterocycles. The van der Waals surface area contributed by atoms with E-state index in [-0.39, 0.29) is 22.2 Å². The summed E-state index contributed by atoms with van der Waals surface area (Å²) in [6.07, 6.45) is -1.51. The standard InChI is InChI=1S/C8H4F3NOS.C7H15NO/c9-8(10,11)4-1-2-6-5(3-4)12-7(13)14-6;1-3-5-6(4-2)7(8)9/h1-3H,(H,12,13);6H,3-5H2,1-2H3,(H2,8,9). The maximum absolute atomic E-state index is 12.2. The van der Waals surface area contributed by atoms with E-state index in [4.69, 9.17) is 5.73 Å². The van der Waals surface area contributed by atoms with Crippen LogP contribution in [0.4, 0.5) is 13.2 Å². The minimum Gasteiger partial charge on any atom is -0.369 e. The Labute approximate surface area is 135 Å². The van der Waals surface area contributed by atoms with Crippen LogP contribution in [0.5, 0.6) is 0 Å². The van der Waals surface area contributed by atoms with Crippen LogP contribution in [0.2, 0.25) is 0 Å². The first-order chi connectivity index (χ1) is 10.7. The summed E-state index contributed by atoms with van der Waals surface area (Å²) in [4.78, 5) is 23.4. The quantitative estimate of drug-likeness (QED) is 0.879. The number of fused-ring (bicyclic) bond motifs is 1. The van der Waals surface area contributed by atoms with E-state index in [0.29, 0.717) is 4.70 Å². The Morgan fingerprint density at radius 2 is 2.00 bits per heavy atom. The van der Waals surface area contributed by atoms with Gasteiger partial charge in [-0.2, -0.15) is 13.2 Å². The summed E-state index contributed by atoms with van der Waals surface area (Å²) in [5, 5.41) is 0. The molecular weight excluding hydrogens is 329 g/mol. The fourth-order valence-electron chi connectivity index (χ4n) is 2.02. The summed E-state index contributed by atoms with van der Waals surface area (Å²) in [5.41, 5.74) is 4.57. The van der Waals surface area contributed by atoms with Crippen molar-refractivity contribution in [2.24, 2.45) is 11.7 Å². The maximum atomic E-state index is 12.2. The molecule has 8 heteroatoms. The molecule has 0 radical (unpaired) electrons. The van der Waals surface area contributed by atoms with Crippen molar-refractivity contribution < 1.29 is 18.0 Å². The lowest BCUT2D eigenvalue weighted by Crippen LogP contribution is -2.22. The number of primary amides is 1. The SMILES string of the molecule is CCCC(CC)C(N)=O.O=c1[nH]c2cc(C(F)(F)F)ccc2s1. The topological polar surface area (TPSA) is 76.0 Å². The Kier molecular flexibility index (Phi) is 6.80. The first kappa shape index (κ1) is 19.2. The highest BCUT2D eigenvalue weighted by molar-refractivity contribution is 7.16. The molecule has 0 aliphatic heterocycles. The molecule has 0 aliphatic carbocycles. The number of benzene rings is 1. The van der Waals surface area contributed by atoms with Crippen molar-refractivity contribution in [2.45, 2.75) is 39.3 Å². The largest absolute Gasteiger partial charge is 0.416 e. The normalized spacial score (nSPS) is 12.6. The molecule has 3 N–H and O–H groups in total. The van der Waals surface area contributed by atoms with Gasteiger partial charge in [-0.05, 0) is 31.0 Å². The Morgan fingerprint density at radius 3 is 2.43 bits per heavy atom. The van der Waals surface area contributed by atoms with Crippen molar-refractivity contribution >= 4 is 27.5 Å². The van der Waals surface area contributed by atoms with E-state index < -0.39 is 11.7 Å². The van der Waals surface area contributed by atoms with Gasteiger partial charge in [-0.3, -0.25) is 9.59 Å². The molecule has 1 aromatic heterocycles. The van der Waals surface area contributed by atoms with Gasteiger partial charge < -0.3 is 10.7 Å². The fraction of sp³-hybridized carbons (Fsp3) is 0.467. The van der Waals surface area contributed by atoms with Crippen LogP contribution in [0, 0.1) is 5.92 Å². The molecule has 1 unspecified atom stereocenters. The van der Waals surface area contributed by atoms with Crippen LogP contribution < -0.4 is 10.6 Å². The third-order valence-corrected chi connectivity index (χ3v) is 4.14. The summed E-state index contributed by atoms with van der Waals surface area (Å²) in [6.45, 7) is 4.05. The minimum absolute atomic E-state index is 0.106. The molecule has 1 atom stereocenters. The summed E-state index contributed by atoms with van der Waals surface area (Å²) in [6, 6.07) is 3.19. The van der Waals surface area contributed by atoms with Crippen LogP contribution in [0.25, 0.3) is 10.2 Å². The summed E-state index contributed by atoms with van der Waals surface area (Å²) < 4.78 is 37.2. The molecule has 23 heavy (non-hydrogen) atoms. The molecular formula is C15H19F3N2O2S. The zero-order valence-corrected chi connectivity index (χ0v) is 13.7. The lowest BCUT2D eigenvalue weighted by molar-refractivity contribution is -0.137. The van der Waals surface area contributed by atoms with E-state index in [9.17, 15) is 22.8 Å². The van der Waals surface area contributed by atoms with Crippen molar-refractivity contribution in [3.05, 3.63) is 33.4 Å². The van der Waals surface area contributed by atoms with Gasteiger partial charge in [0.25, 0.3) is 0 Å². The summed E-state index contributed by atoms with van der Waals surface area (Å²) in [5.74, 6) is -0.0469. The van der Waals surface area contributed by atoms with Gasteiger partial charge in [-0.15, -0.1) is 0 Å². The monoisotopic (exact) mass is 348 g/mol. The molecule has 0 fully saturated rings. The second kappa shape index (κ2) is 8.14. The second-order valence-corrected chi connectivity index (χ2v) is 6.03. The van der Waals surface area contributed by atoms with Gasteiger partial charge in [0.2, 0.25) is 5.91 Å². The van der Waals surface area contributed by atoms with Crippen LogP contribution in [-0.2, 0) is 11.0 Å². The Hall–Kier alpha value is -1.83. The number of amides is 1. The van der Waals surface area contributed by atoms with Crippen LogP contribution in [0.1, 0.15) is 38.7 Å². The number of alkyl halides is 3. The molecule has 2 aromatic rings. The van der Waals surface area contributed by atoms with Crippen molar-refractivity contribution in [3.63, 3.8) is 0 Å². The van der Waals surface area contributed by atoms with E-state index in [1.54, 1.807) is 0 Å². The number of carbonyl (C=O) groups is 1. The van der Waals surface area contributed by atoms with E-state index in [0.717, 1.165) is 42.7 Å². The first-order valence-electron chi connectivity index (χ1n) is 7.18. The van der Waals surface area contributed by atoms with Crippen molar-refractivity contribution in [3.8, 4) is 0 Å². The molecule has 0 spiro atoms. The number of hydrogen-bond acceptors (Lipinski definition) is 3. The summed E-state index contributed by atoms with van der Waals surface area (Å²) in [7, 11) is 0. The van der Waals surface area contributed by atoms with Crippen LogP contribution in [-0.4, -0.2) is 10.9 Å². The van der Waals surface area contributed by atoms with Gasteiger partial charge in [0.1, 0.15) is 0 Å². The van der Waals surface area contributed by atoms with Gasteiger partial charge in [0, 0.05) is 5.92 Å². The van der Waals surface area contributed by atoms with E-state index in [2.05, 4.69) is 11.9 Å². The van der Waals surface area contributed by atoms with Crippen molar-refractivity contribution in [1.82, 2.24) is 4.98 Å². The average Bonchev–Trinajstić information content (AvgIpc) is 2.83. The highest BCUT2D eigenvalue weighted by Crippen LogP contribution is 2.31. The smallest absolute Gasteiger partial charge is 0.369 e. The number of aromatic nitrogens is 1. The number of hydrogen-bond donors (Lipinski definition) is 2. The third-order valence-electron chi connectivity index (χ3n) is 3.28. The number of H-pyrrole nitrogens is 1. The predicted octanol–water partition coefficient (Wildman–Crippen LogP) is 3.91. The van der Waals surface area contributed by atoms with Gasteiger partial charge in [-0.1, -0.05) is 31.6 Å². The van der Waals surface area contributed by atoms with Gasteiger partial charge in [0.05, 0.1) is 15.8 Å². The van der Waals surface area contributed by atoms with Crippen molar-refractivity contribution in [1.29, 1.82) is 0 Å². The highest BCUT2D eigenvalue weighted by atomic mass is 32.1. The Morgan fingerprint density at radius 1 is 1.35 bits per heavy atom. The number of carbonyl (C=O) groups excluding carboxylic acids is 1. The van der Waals surface area contributed by atoms with Crippen molar-refractivity contribution in [2.75, 3.05) is 0 Å². The lowest BCUT2D eigenvalue weighted by Gasteiger charge is -2.06. The fourth-order valence-corrected chi connectivity index (χ4v) is 2.74. The number of rotatable bonds is 4. The molecule has 2 rings (SSSR count). The van der Waals surface area contributed by atoms with Gasteiger partial charge in [0.15, 0.2) is 0 Å². The zero-order chi connectivity index (χ0) is 17.6. The third kappa shape index (κ3) is 5.70. The zero-order valence-electron chi connectivity index (χ0n) is 12.9. The second-order valence-electron chi connectivity index (χ2n) is 5.02. The minimum atomic E-state index is -4.37. The van der Waals surface area contributed by atoms with Crippen LogP contribution >= 0.6 is 11.3 Å². The van der Waals surface area contributed by atoms with Crippen LogP contribution in [0.15, 0.2) is 23.0 Å². The van der Waals surface area contributed by atoms with Gasteiger partial charge >= 0.3 is 11.0 Å². The molecule has 1 heterocycles. The first-order valence-corrected chi connectivity index (χ1v) is 8.00. The van der Waals surface area contributed by atoms with Gasteiger partial charge in [-0.25, -0.2) is 0 Å². The average molecular weight is 348 g/mol. The van der Waals surface area contributed by atoms with E-state index in [1.165, 1.54) is 6.07 Å². The number of nitrogens with two attached hydrogens (primary N) is 1. The molecule has 128 valence electrons. The molecule has 1 amide bonds. The predicted molar refractivity (Wildman–Crippen MR) is 85.3 cm³/mol. The van der Waals surface area contributed by atoms with E-state index in [1.807, 2.05) is 6.92 Å². The molecule has 4 nitrogen and oxygen atoms in total. The number of aromatic amines is 1. The molecule has 0 saturated carbocycles. The number of thiazole rings is 1. The van der Waals surface area contributed by atoms with E-state index >= 15 is 0 Å². The number of nitrogens with one attached hydrogen (secondary N) is 1. The molecule has 0 bridgehead atoms. The molecule has 1 aromatic carbocycles. The summed E-state index contributed by atoms with van der Waals surface area (Å²) >= 11 is 0.893.